The molecule has 116 valence electrons. The molecule has 0 aromatic heterocycles. The minimum Gasteiger partial charge on any atom is -0.457 e. The van der Waals surface area contributed by atoms with E-state index >= 15 is 0 Å². The zero-order valence-corrected chi connectivity index (χ0v) is 13.1. The van der Waals surface area contributed by atoms with Crippen molar-refractivity contribution in [1.29, 1.82) is 0 Å². The average molecular weight is 311 g/mol. The van der Waals surface area contributed by atoms with Crippen LogP contribution in [0.3, 0.4) is 0 Å². The van der Waals surface area contributed by atoms with E-state index in [9.17, 15) is 0 Å². The fraction of sp³-hybridized carbons (Fsp3) is 0. The largest absolute Gasteiger partial charge is 0.457 e. The van der Waals surface area contributed by atoms with Crippen LogP contribution in [0.2, 0.25) is 0 Å². The van der Waals surface area contributed by atoms with Crippen molar-refractivity contribution in [3.05, 3.63) is 91.0 Å². The maximum absolute atomic E-state index is 5.95. The van der Waals surface area contributed by atoms with Gasteiger partial charge in [-0.05, 0) is 58.3 Å². The van der Waals surface area contributed by atoms with Crippen molar-refractivity contribution in [2.75, 3.05) is 5.73 Å². The predicted molar refractivity (Wildman–Crippen MR) is 100 cm³/mol. The molecule has 4 aromatic rings. The zero-order chi connectivity index (χ0) is 16.4. The molecule has 0 unspecified atom stereocenters. The number of nitrogen functional groups attached to an aromatic ring is 1. The first kappa shape index (κ1) is 14.3. The molecule has 0 aliphatic rings. The van der Waals surface area contributed by atoms with Gasteiger partial charge in [0.15, 0.2) is 0 Å². The van der Waals surface area contributed by atoms with E-state index in [1.807, 2.05) is 36.4 Å². The summed E-state index contributed by atoms with van der Waals surface area (Å²) in [5, 5.41) is 2.48. The number of ether oxygens (including phenoxy) is 1. The molecule has 4 aromatic carbocycles. The predicted octanol–water partition coefficient (Wildman–Crippen LogP) is 5.88. The van der Waals surface area contributed by atoms with E-state index in [2.05, 4.69) is 54.6 Å². The number of hydrogen-bond donors (Lipinski definition) is 1. The van der Waals surface area contributed by atoms with Crippen LogP contribution in [0.1, 0.15) is 0 Å². The molecular formula is C22H17NO. The average Bonchev–Trinajstić information content (AvgIpc) is 2.63. The molecule has 0 fully saturated rings. The molecular weight excluding hydrogens is 294 g/mol. The van der Waals surface area contributed by atoms with Crippen LogP contribution in [0.4, 0.5) is 5.69 Å². The van der Waals surface area contributed by atoms with E-state index in [0.29, 0.717) is 0 Å². The van der Waals surface area contributed by atoms with Gasteiger partial charge in [-0.3, -0.25) is 0 Å². The Morgan fingerprint density at radius 2 is 1.38 bits per heavy atom. The summed E-state index contributed by atoms with van der Waals surface area (Å²) >= 11 is 0. The molecule has 0 saturated heterocycles. The summed E-state index contributed by atoms with van der Waals surface area (Å²) in [6, 6.07) is 30.4. The molecule has 0 saturated carbocycles. The second-order valence-electron chi connectivity index (χ2n) is 5.73. The number of benzene rings is 4. The molecule has 0 bridgehead atoms. The van der Waals surface area contributed by atoms with Gasteiger partial charge in [-0.2, -0.15) is 0 Å². The van der Waals surface area contributed by atoms with Crippen LogP contribution >= 0.6 is 0 Å². The molecule has 0 spiro atoms. The van der Waals surface area contributed by atoms with E-state index in [0.717, 1.165) is 22.7 Å². The maximum Gasteiger partial charge on any atom is 0.128 e. The number of hydrogen-bond acceptors (Lipinski definition) is 2. The molecule has 2 N–H and O–H groups in total. The van der Waals surface area contributed by atoms with Crippen LogP contribution in [0, 0.1) is 0 Å². The first-order valence-electron chi connectivity index (χ1n) is 7.91. The van der Waals surface area contributed by atoms with Gasteiger partial charge in [0.25, 0.3) is 0 Å². The van der Waals surface area contributed by atoms with Crippen molar-refractivity contribution in [2.45, 2.75) is 0 Å². The molecule has 4 rings (SSSR count). The Morgan fingerprint density at radius 1 is 0.625 bits per heavy atom. The van der Waals surface area contributed by atoms with Crippen molar-refractivity contribution in [2.24, 2.45) is 0 Å². The van der Waals surface area contributed by atoms with E-state index in [1.54, 1.807) is 0 Å². The van der Waals surface area contributed by atoms with E-state index in [4.69, 9.17) is 10.5 Å². The highest BCUT2D eigenvalue weighted by Crippen LogP contribution is 2.32. The Balaban J connectivity index is 1.73. The van der Waals surface area contributed by atoms with Gasteiger partial charge in [0, 0.05) is 5.69 Å². The summed E-state index contributed by atoms with van der Waals surface area (Å²) < 4.78 is 5.95. The molecule has 0 aliphatic carbocycles. The maximum atomic E-state index is 5.95. The van der Waals surface area contributed by atoms with Crippen molar-refractivity contribution in [1.82, 2.24) is 0 Å². The lowest BCUT2D eigenvalue weighted by molar-refractivity contribution is 0.483. The second kappa shape index (κ2) is 6.09. The zero-order valence-electron chi connectivity index (χ0n) is 13.1. The van der Waals surface area contributed by atoms with Crippen molar-refractivity contribution < 1.29 is 4.74 Å². The number of rotatable bonds is 3. The van der Waals surface area contributed by atoms with Crippen molar-refractivity contribution >= 4 is 16.5 Å². The van der Waals surface area contributed by atoms with Gasteiger partial charge in [-0.15, -0.1) is 0 Å². The fourth-order valence-electron chi connectivity index (χ4n) is 2.88. The highest BCUT2D eigenvalue weighted by Gasteiger charge is 2.05. The molecule has 2 nitrogen and oxygen atoms in total. The summed E-state index contributed by atoms with van der Waals surface area (Å²) in [5.41, 5.74) is 8.79. The SMILES string of the molecule is Nc1ccc(Oc2cccc(-c3cccc4ccccc34)c2)cc1. The third-order valence-electron chi connectivity index (χ3n) is 4.05. The van der Waals surface area contributed by atoms with Crippen LogP contribution in [-0.4, -0.2) is 0 Å². The van der Waals surface area contributed by atoms with Crippen molar-refractivity contribution in [3.8, 4) is 22.6 Å². The summed E-state index contributed by atoms with van der Waals surface area (Å²) in [6.07, 6.45) is 0. The summed E-state index contributed by atoms with van der Waals surface area (Å²) in [5.74, 6) is 1.59. The summed E-state index contributed by atoms with van der Waals surface area (Å²) in [4.78, 5) is 0. The van der Waals surface area contributed by atoms with Crippen LogP contribution < -0.4 is 10.5 Å². The van der Waals surface area contributed by atoms with Crippen LogP contribution in [0.25, 0.3) is 21.9 Å². The first-order valence-corrected chi connectivity index (χ1v) is 7.91. The summed E-state index contributed by atoms with van der Waals surface area (Å²) in [7, 11) is 0. The Kier molecular flexibility index (Phi) is 3.64. The third-order valence-corrected chi connectivity index (χ3v) is 4.05. The number of fused-ring (bicyclic) bond motifs is 1. The van der Waals surface area contributed by atoms with E-state index in [-0.39, 0.29) is 0 Å². The fourth-order valence-corrected chi connectivity index (χ4v) is 2.88. The van der Waals surface area contributed by atoms with Gasteiger partial charge in [-0.25, -0.2) is 0 Å². The summed E-state index contributed by atoms with van der Waals surface area (Å²) in [6.45, 7) is 0. The van der Waals surface area contributed by atoms with Gasteiger partial charge in [0.05, 0.1) is 0 Å². The van der Waals surface area contributed by atoms with Crippen LogP contribution in [0.5, 0.6) is 11.5 Å². The van der Waals surface area contributed by atoms with Gasteiger partial charge in [0.1, 0.15) is 11.5 Å². The number of nitrogens with two attached hydrogens (primary N) is 1. The molecule has 24 heavy (non-hydrogen) atoms. The smallest absolute Gasteiger partial charge is 0.128 e. The first-order chi connectivity index (χ1) is 11.8. The topological polar surface area (TPSA) is 35.2 Å². The molecule has 2 heteroatoms. The second-order valence-corrected chi connectivity index (χ2v) is 5.73. The van der Waals surface area contributed by atoms with Crippen molar-refractivity contribution in [3.63, 3.8) is 0 Å². The molecule has 0 radical (unpaired) electrons. The standard InChI is InChI=1S/C22H17NO/c23-18-11-13-19(14-12-18)24-20-8-3-7-17(15-20)22-10-4-6-16-5-1-2-9-21(16)22/h1-15H,23H2. The third kappa shape index (κ3) is 2.82. The molecule has 0 aliphatic heterocycles. The Bertz CT molecular complexity index is 985. The van der Waals surface area contributed by atoms with Gasteiger partial charge in [-0.1, -0.05) is 54.6 Å². The normalized spacial score (nSPS) is 10.7. The minimum atomic E-state index is 0.729. The van der Waals surface area contributed by atoms with E-state index in [1.165, 1.54) is 16.3 Å². The van der Waals surface area contributed by atoms with Gasteiger partial charge in [0.2, 0.25) is 0 Å². The Hall–Kier alpha value is -3.26. The van der Waals surface area contributed by atoms with Crippen LogP contribution in [0.15, 0.2) is 91.0 Å². The van der Waals surface area contributed by atoms with Gasteiger partial charge >= 0.3 is 0 Å². The lowest BCUT2D eigenvalue weighted by Crippen LogP contribution is -1.87. The Labute approximate surface area is 141 Å². The van der Waals surface area contributed by atoms with Crippen LogP contribution in [-0.2, 0) is 0 Å². The quantitative estimate of drug-likeness (QED) is 0.479. The highest BCUT2D eigenvalue weighted by atomic mass is 16.5. The highest BCUT2D eigenvalue weighted by molar-refractivity contribution is 5.96. The molecule has 0 atom stereocenters. The molecule has 0 amide bonds. The Morgan fingerprint density at radius 3 is 2.25 bits per heavy atom. The number of anilines is 1. The minimum absolute atomic E-state index is 0.729. The van der Waals surface area contributed by atoms with E-state index < -0.39 is 0 Å². The van der Waals surface area contributed by atoms with Gasteiger partial charge < -0.3 is 10.5 Å². The lowest BCUT2D eigenvalue weighted by Gasteiger charge is -2.10. The lowest BCUT2D eigenvalue weighted by atomic mass is 9.98. The monoisotopic (exact) mass is 311 g/mol. The molecule has 0 heterocycles.